The molecule has 0 amide bonds. The molecule has 0 atom stereocenters. The lowest BCUT2D eigenvalue weighted by Crippen LogP contribution is -2.16. The lowest BCUT2D eigenvalue weighted by molar-refractivity contribution is 0.749. The molecule has 0 radical (unpaired) electrons. The molecule has 1 heterocycles. The maximum Gasteiger partial charge on any atom is 0.0940 e. The quantitative estimate of drug-likeness (QED) is 0.556. The molecule has 0 aliphatic heterocycles. The first-order valence-electron chi connectivity index (χ1n) is 3.88. The average Bonchev–Trinajstić information content (AvgIpc) is 2.45. The minimum Gasteiger partial charge on any atom is -0.306 e. The molecule has 0 unspecified atom stereocenters. The first-order valence-corrected chi connectivity index (χ1v) is 4.76. The normalized spacial score (nSPS) is 9.67. The van der Waals surface area contributed by atoms with Crippen LogP contribution in [-0.2, 0) is 6.42 Å². The molecule has 12 heavy (non-hydrogen) atoms. The fourth-order valence-electron chi connectivity index (χ4n) is 0.873. The number of nitrogens with zero attached hydrogens (tertiary/aromatic N) is 1. The average molecular weight is 180 g/mol. The molecule has 0 aromatic carbocycles. The van der Waals surface area contributed by atoms with Crippen LogP contribution in [0.15, 0.2) is 5.38 Å². The molecular formula is C9H12N2S. The molecule has 1 aromatic heterocycles. The van der Waals surface area contributed by atoms with Crippen LogP contribution in [0.25, 0.3) is 0 Å². The van der Waals surface area contributed by atoms with Gasteiger partial charge in [0.2, 0.25) is 0 Å². The van der Waals surface area contributed by atoms with Gasteiger partial charge < -0.3 is 5.32 Å². The number of hydrogen-bond acceptors (Lipinski definition) is 3. The first-order chi connectivity index (χ1) is 5.83. The van der Waals surface area contributed by atoms with E-state index in [2.05, 4.69) is 21.6 Å². The summed E-state index contributed by atoms with van der Waals surface area (Å²) in [6.45, 7) is 3.57. The van der Waals surface area contributed by atoms with E-state index in [4.69, 9.17) is 6.42 Å². The molecule has 1 N–H and O–H groups in total. The molecule has 0 bridgehead atoms. The summed E-state index contributed by atoms with van der Waals surface area (Å²) in [4.78, 5) is 4.34. The van der Waals surface area contributed by atoms with E-state index >= 15 is 0 Å². The van der Waals surface area contributed by atoms with Gasteiger partial charge in [-0.25, -0.2) is 4.98 Å². The van der Waals surface area contributed by atoms with Gasteiger partial charge in [-0.2, -0.15) is 0 Å². The predicted molar refractivity (Wildman–Crippen MR) is 52.3 cm³/mol. The Morgan fingerprint density at radius 3 is 3.17 bits per heavy atom. The Kier molecular flexibility index (Phi) is 3.78. The summed E-state index contributed by atoms with van der Waals surface area (Å²) in [6.07, 6.45) is 6.06. The fraction of sp³-hybridized carbons (Fsp3) is 0.444. The number of aryl methyl sites for hydroxylation is 1. The molecule has 0 aliphatic rings. The molecule has 0 saturated carbocycles. The van der Waals surface area contributed by atoms with Gasteiger partial charge in [-0.3, -0.25) is 0 Å². The van der Waals surface area contributed by atoms with Crippen molar-refractivity contribution in [1.29, 1.82) is 0 Å². The standard InChI is InChI=1S/C9H12N2S/c1-3-5-10-6-4-9-11-8(2)7-12-9/h1,7,10H,4-6H2,2H3. The molecule has 0 fully saturated rings. The monoisotopic (exact) mass is 180 g/mol. The van der Waals surface area contributed by atoms with Crippen LogP contribution < -0.4 is 5.32 Å². The van der Waals surface area contributed by atoms with Crippen molar-refractivity contribution in [2.24, 2.45) is 0 Å². The Bertz CT molecular complexity index is 272. The van der Waals surface area contributed by atoms with Crippen LogP contribution in [0.4, 0.5) is 0 Å². The lowest BCUT2D eigenvalue weighted by atomic mass is 10.4. The van der Waals surface area contributed by atoms with Crippen molar-refractivity contribution in [1.82, 2.24) is 10.3 Å². The SMILES string of the molecule is C#CCNCCc1nc(C)cs1. The van der Waals surface area contributed by atoms with Crippen molar-refractivity contribution in [3.63, 3.8) is 0 Å². The van der Waals surface area contributed by atoms with Crippen LogP contribution >= 0.6 is 11.3 Å². The van der Waals surface area contributed by atoms with E-state index in [-0.39, 0.29) is 0 Å². The van der Waals surface area contributed by atoms with Crippen molar-refractivity contribution in [2.75, 3.05) is 13.1 Å². The van der Waals surface area contributed by atoms with Crippen molar-refractivity contribution in [2.45, 2.75) is 13.3 Å². The third-order valence-electron chi connectivity index (χ3n) is 1.41. The van der Waals surface area contributed by atoms with Gasteiger partial charge in [-0.15, -0.1) is 17.8 Å². The summed E-state index contributed by atoms with van der Waals surface area (Å²) in [5.74, 6) is 2.53. The van der Waals surface area contributed by atoms with E-state index in [9.17, 15) is 0 Å². The molecule has 0 spiro atoms. The largest absolute Gasteiger partial charge is 0.306 e. The van der Waals surface area contributed by atoms with Crippen LogP contribution in [0, 0.1) is 19.3 Å². The van der Waals surface area contributed by atoms with Crippen LogP contribution in [0.2, 0.25) is 0 Å². The molecular weight excluding hydrogens is 168 g/mol. The van der Waals surface area contributed by atoms with E-state index in [1.54, 1.807) is 11.3 Å². The third kappa shape index (κ3) is 3.04. The van der Waals surface area contributed by atoms with E-state index < -0.39 is 0 Å². The van der Waals surface area contributed by atoms with Gasteiger partial charge in [0, 0.05) is 24.0 Å². The Morgan fingerprint density at radius 1 is 1.75 bits per heavy atom. The molecule has 0 saturated heterocycles. The van der Waals surface area contributed by atoms with E-state index in [0.29, 0.717) is 6.54 Å². The summed E-state index contributed by atoms with van der Waals surface area (Å²) < 4.78 is 0. The molecule has 1 aromatic rings. The minimum absolute atomic E-state index is 0.643. The molecule has 3 heteroatoms. The number of thiazole rings is 1. The first kappa shape index (κ1) is 9.24. The number of nitrogens with one attached hydrogen (secondary N) is 1. The second-order valence-electron chi connectivity index (χ2n) is 2.51. The van der Waals surface area contributed by atoms with Crippen molar-refractivity contribution < 1.29 is 0 Å². The van der Waals surface area contributed by atoms with Crippen LogP contribution in [0.3, 0.4) is 0 Å². The highest BCUT2D eigenvalue weighted by Crippen LogP contribution is 2.08. The summed E-state index contributed by atoms with van der Waals surface area (Å²) in [6, 6.07) is 0. The highest BCUT2D eigenvalue weighted by molar-refractivity contribution is 7.09. The van der Waals surface area contributed by atoms with E-state index in [1.807, 2.05) is 6.92 Å². The summed E-state index contributed by atoms with van der Waals surface area (Å²) in [5.41, 5.74) is 1.10. The van der Waals surface area contributed by atoms with Gasteiger partial charge in [0.25, 0.3) is 0 Å². The van der Waals surface area contributed by atoms with Crippen LogP contribution in [0.5, 0.6) is 0 Å². The fourth-order valence-corrected chi connectivity index (χ4v) is 1.65. The van der Waals surface area contributed by atoms with Crippen molar-refractivity contribution >= 4 is 11.3 Å². The second kappa shape index (κ2) is 4.91. The Morgan fingerprint density at radius 2 is 2.58 bits per heavy atom. The number of rotatable bonds is 4. The number of hydrogen-bond donors (Lipinski definition) is 1. The van der Waals surface area contributed by atoms with E-state index in [1.165, 1.54) is 5.01 Å². The van der Waals surface area contributed by atoms with Gasteiger partial charge in [-0.1, -0.05) is 5.92 Å². The summed E-state index contributed by atoms with van der Waals surface area (Å²) in [7, 11) is 0. The van der Waals surface area contributed by atoms with Crippen LogP contribution in [0.1, 0.15) is 10.7 Å². The topological polar surface area (TPSA) is 24.9 Å². The van der Waals surface area contributed by atoms with Crippen LogP contribution in [-0.4, -0.2) is 18.1 Å². The minimum atomic E-state index is 0.643. The maximum absolute atomic E-state index is 5.09. The van der Waals surface area contributed by atoms with Gasteiger partial charge >= 0.3 is 0 Å². The smallest absolute Gasteiger partial charge is 0.0940 e. The molecule has 1 rings (SSSR count). The van der Waals surface area contributed by atoms with Crippen molar-refractivity contribution in [3.8, 4) is 12.3 Å². The lowest BCUT2D eigenvalue weighted by Gasteiger charge is -1.96. The third-order valence-corrected chi connectivity index (χ3v) is 2.44. The molecule has 2 nitrogen and oxygen atoms in total. The van der Waals surface area contributed by atoms with Crippen molar-refractivity contribution in [3.05, 3.63) is 16.1 Å². The zero-order valence-corrected chi connectivity index (χ0v) is 7.95. The zero-order chi connectivity index (χ0) is 8.81. The van der Waals surface area contributed by atoms with Gasteiger partial charge in [0.1, 0.15) is 0 Å². The Hall–Kier alpha value is -0.850. The Balaban J connectivity index is 2.21. The van der Waals surface area contributed by atoms with Gasteiger partial charge in [0.05, 0.1) is 11.6 Å². The maximum atomic E-state index is 5.09. The number of terminal acetylenes is 1. The molecule has 0 aliphatic carbocycles. The predicted octanol–water partition coefficient (Wildman–Crippen LogP) is 1.22. The highest BCUT2D eigenvalue weighted by atomic mass is 32.1. The van der Waals surface area contributed by atoms with Gasteiger partial charge in [0.15, 0.2) is 0 Å². The second-order valence-corrected chi connectivity index (χ2v) is 3.46. The summed E-state index contributed by atoms with van der Waals surface area (Å²) in [5, 5.41) is 6.37. The van der Waals surface area contributed by atoms with E-state index in [0.717, 1.165) is 18.7 Å². The summed E-state index contributed by atoms with van der Waals surface area (Å²) >= 11 is 1.70. The van der Waals surface area contributed by atoms with Gasteiger partial charge in [-0.05, 0) is 6.92 Å². The zero-order valence-electron chi connectivity index (χ0n) is 7.13. The number of aromatic nitrogens is 1. The molecule has 64 valence electrons. The highest BCUT2D eigenvalue weighted by Gasteiger charge is 1.96. The Labute approximate surface area is 77.0 Å².